The molecule has 0 saturated carbocycles. The number of nitrogens with zero attached hydrogens (tertiary/aromatic N) is 2. The van der Waals surface area contributed by atoms with Crippen molar-refractivity contribution in [1.82, 2.24) is 9.55 Å². The molecule has 0 aliphatic heterocycles. The van der Waals surface area contributed by atoms with Crippen LogP contribution in [-0.2, 0) is 6.61 Å². The molecule has 3 aromatic rings. The van der Waals surface area contributed by atoms with Crippen LogP contribution < -0.4 is 10.3 Å². The molecule has 0 N–H and O–H groups in total. The molecule has 3 rings (SSSR count). The molecule has 0 bridgehead atoms. The van der Waals surface area contributed by atoms with Crippen molar-refractivity contribution in [1.29, 1.82) is 0 Å². The van der Waals surface area contributed by atoms with Gasteiger partial charge in [0.1, 0.15) is 28.5 Å². The first-order valence-corrected chi connectivity index (χ1v) is 8.66. The molecule has 0 atom stereocenters. The molecule has 1 heterocycles. The Bertz CT molecular complexity index is 1040. The first-order valence-electron chi connectivity index (χ1n) is 7.49. The lowest BCUT2D eigenvalue weighted by molar-refractivity contribution is 0.283. The summed E-state index contributed by atoms with van der Waals surface area (Å²) in [6.45, 7) is 1.43. The van der Waals surface area contributed by atoms with Crippen LogP contribution in [0.5, 0.6) is 5.88 Å². The molecule has 0 saturated heterocycles. The summed E-state index contributed by atoms with van der Waals surface area (Å²) in [4.78, 5) is 17.0. The molecular formula is C18H12BrClF2N2O2. The summed E-state index contributed by atoms with van der Waals surface area (Å²) in [6, 6.07) is 10.0. The summed E-state index contributed by atoms with van der Waals surface area (Å²) < 4.78 is 33.6. The number of ether oxygens (including phenoxy) is 1. The fraction of sp³-hybridized carbons (Fsp3) is 0.111. The zero-order chi connectivity index (χ0) is 18.8. The van der Waals surface area contributed by atoms with E-state index in [0.717, 1.165) is 12.1 Å². The maximum Gasteiger partial charge on any atom is 0.276 e. The summed E-state index contributed by atoms with van der Waals surface area (Å²) in [7, 11) is 0. The summed E-state index contributed by atoms with van der Waals surface area (Å²) >= 11 is 9.33. The van der Waals surface area contributed by atoms with Gasteiger partial charge in [-0.05, 0) is 47.1 Å². The van der Waals surface area contributed by atoms with Crippen LogP contribution in [0.1, 0.15) is 11.4 Å². The van der Waals surface area contributed by atoms with Gasteiger partial charge in [0.05, 0.1) is 10.7 Å². The van der Waals surface area contributed by atoms with E-state index in [1.807, 2.05) is 0 Å². The van der Waals surface area contributed by atoms with Gasteiger partial charge in [0.15, 0.2) is 0 Å². The third-order valence-electron chi connectivity index (χ3n) is 3.64. The van der Waals surface area contributed by atoms with Crippen LogP contribution in [0, 0.1) is 18.6 Å². The summed E-state index contributed by atoms with van der Waals surface area (Å²) in [5.74, 6) is -1.05. The molecule has 0 fully saturated rings. The predicted molar refractivity (Wildman–Crippen MR) is 98.0 cm³/mol. The van der Waals surface area contributed by atoms with Gasteiger partial charge in [-0.2, -0.15) is 4.98 Å². The Hall–Kier alpha value is -2.25. The molecular weight excluding hydrogens is 430 g/mol. The minimum absolute atomic E-state index is 0.0135. The molecule has 0 spiro atoms. The molecule has 0 aliphatic carbocycles. The summed E-state index contributed by atoms with van der Waals surface area (Å²) in [5, 5.41) is 0.397. The molecule has 2 aromatic carbocycles. The second-order valence-corrected chi connectivity index (χ2v) is 6.59. The van der Waals surface area contributed by atoms with Gasteiger partial charge in [0.2, 0.25) is 5.88 Å². The normalized spacial score (nSPS) is 10.8. The molecule has 0 amide bonds. The Morgan fingerprint density at radius 3 is 2.65 bits per heavy atom. The number of benzene rings is 2. The molecule has 26 heavy (non-hydrogen) atoms. The first-order chi connectivity index (χ1) is 12.4. The summed E-state index contributed by atoms with van der Waals surface area (Å²) in [5.41, 5.74) is 0.217. The second-order valence-electron chi connectivity index (χ2n) is 5.39. The highest BCUT2D eigenvalue weighted by molar-refractivity contribution is 9.10. The van der Waals surface area contributed by atoms with E-state index < -0.39 is 17.2 Å². The van der Waals surface area contributed by atoms with Crippen LogP contribution in [0.4, 0.5) is 8.78 Å². The van der Waals surface area contributed by atoms with E-state index in [2.05, 4.69) is 20.9 Å². The van der Waals surface area contributed by atoms with Gasteiger partial charge < -0.3 is 4.74 Å². The van der Waals surface area contributed by atoms with Crippen molar-refractivity contribution < 1.29 is 13.5 Å². The Kier molecular flexibility index (Phi) is 5.38. The van der Waals surface area contributed by atoms with E-state index in [9.17, 15) is 13.6 Å². The number of hydrogen-bond acceptors (Lipinski definition) is 3. The van der Waals surface area contributed by atoms with Crippen LogP contribution in [0.3, 0.4) is 0 Å². The zero-order valence-electron chi connectivity index (χ0n) is 13.5. The van der Waals surface area contributed by atoms with Crippen molar-refractivity contribution in [2.75, 3.05) is 0 Å². The number of rotatable bonds is 4. The minimum atomic E-state index is -0.734. The topological polar surface area (TPSA) is 44.1 Å². The van der Waals surface area contributed by atoms with Gasteiger partial charge in [-0.1, -0.05) is 23.7 Å². The molecule has 1 aromatic heterocycles. The molecule has 0 radical (unpaired) electrons. The van der Waals surface area contributed by atoms with Crippen LogP contribution in [0.25, 0.3) is 5.69 Å². The largest absolute Gasteiger partial charge is 0.472 e. The Balaban J connectivity index is 1.96. The van der Waals surface area contributed by atoms with Crippen molar-refractivity contribution >= 4 is 27.5 Å². The number of halogens is 4. The van der Waals surface area contributed by atoms with Crippen molar-refractivity contribution in [3.8, 4) is 11.6 Å². The number of hydrogen-bond donors (Lipinski definition) is 0. The fourth-order valence-electron chi connectivity index (χ4n) is 2.38. The van der Waals surface area contributed by atoms with Crippen molar-refractivity contribution in [3.05, 3.63) is 85.3 Å². The van der Waals surface area contributed by atoms with Gasteiger partial charge >= 0.3 is 0 Å². The lowest BCUT2D eigenvalue weighted by Crippen LogP contribution is -2.24. The average molecular weight is 442 g/mol. The van der Waals surface area contributed by atoms with Gasteiger partial charge in [-0.15, -0.1) is 0 Å². The highest BCUT2D eigenvalue weighted by Gasteiger charge is 2.17. The monoisotopic (exact) mass is 440 g/mol. The lowest BCUT2D eigenvalue weighted by Gasteiger charge is -2.14. The number of aryl methyl sites for hydroxylation is 1. The standard InChI is InChI=1S/C18H12BrClF2N2O2/c1-10-23-17(26-9-11-6-7-12(21)8-14(11)22)16(19)18(25)24(10)15-5-3-2-4-13(15)20/h2-8H,9H2,1H3. The Labute approximate surface area is 161 Å². The van der Waals surface area contributed by atoms with E-state index in [0.29, 0.717) is 16.5 Å². The number of aromatic nitrogens is 2. The van der Waals surface area contributed by atoms with Crippen molar-refractivity contribution in [2.45, 2.75) is 13.5 Å². The third-order valence-corrected chi connectivity index (χ3v) is 4.64. The van der Waals surface area contributed by atoms with E-state index in [-0.39, 0.29) is 22.5 Å². The Morgan fingerprint density at radius 2 is 1.96 bits per heavy atom. The molecule has 134 valence electrons. The van der Waals surface area contributed by atoms with Crippen LogP contribution in [0.2, 0.25) is 5.02 Å². The van der Waals surface area contributed by atoms with Gasteiger partial charge in [-0.3, -0.25) is 9.36 Å². The summed E-state index contributed by atoms with van der Waals surface area (Å²) in [6.07, 6.45) is 0. The van der Waals surface area contributed by atoms with Gasteiger partial charge in [0.25, 0.3) is 5.56 Å². The van der Waals surface area contributed by atoms with Gasteiger partial charge in [-0.25, -0.2) is 8.78 Å². The van der Waals surface area contributed by atoms with Crippen molar-refractivity contribution in [3.63, 3.8) is 0 Å². The fourth-order valence-corrected chi connectivity index (χ4v) is 2.98. The van der Waals surface area contributed by atoms with Crippen LogP contribution >= 0.6 is 27.5 Å². The zero-order valence-corrected chi connectivity index (χ0v) is 15.8. The second kappa shape index (κ2) is 7.55. The average Bonchev–Trinajstić information content (AvgIpc) is 2.60. The highest BCUT2D eigenvalue weighted by Crippen LogP contribution is 2.24. The smallest absolute Gasteiger partial charge is 0.276 e. The number of para-hydroxylation sites is 1. The molecule has 0 unspecified atom stereocenters. The Morgan fingerprint density at radius 1 is 1.23 bits per heavy atom. The van der Waals surface area contributed by atoms with E-state index in [1.54, 1.807) is 31.2 Å². The SMILES string of the molecule is Cc1nc(OCc2ccc(F)cc2F)c(Br)c(=O)n1-c1ccccc1Cl. The van der Waals surface area contributed by atoms with E-state index in [4.69, 9.17) is 16.3 Å². The first kappa shape index (κ1) is 18.5. The molecule has 0 aliphatic rings. The van der Waals surface area contributed by atoms with E-state index >= 15 is 0 Å². The maximum absolute atomic E-state index is 13.7. The molecule has 4 nitrogen and oxygen atoms in total. The minimum Gasteiger partial charge on any atom is -0.472 e. The van der Waals surface area contributed by atoms with E-state index in [1.165, 1.54) is 10.6 Å². The van der Waals surface area contributed by atoms with Crippen LogP contribution in [-0.4, -0.2) is 9.55 Å². The predicted octanol–water partition coefficient (Wildman–Crippen LogP) is 4.81. The molecule has 8 heteroatoms. The quantitative estimate of drug-likeness (QED) is 0.583. The maximum atomic E-state index is 13.7. The lowest BCUT2D eigenvalue weighted by atomic mass is 10.2. The highest BCUT2D eigenvalue weighted by atomic mass is 79.9. The third kappa shape index (κ3) is 3.64. The van der Waals surface area contributed by atoms with Crippen LogP contribution in [0.15, 0.2) is 51.7 Å². The van der Waals surface area contributed by atoms with Gasteiger partial charge in [0, 0.05) is 11.6 Å². The van der Waals surface area contributed by atoms with Crippen molar-refractivity contribution in [2.24, 2.45) is 0 Å².